The van der Waals surface area contributed by atoms with Crippen molar-refractivity contribution in [2.45, 2.75) is 32.7 Å². The SMILES string of the molecule is CCC(C)(C)NC(=O)CS(=O)CCN. The maximum absolute atomic E-state index is 11.4. The van der Waals surface area contributed by atoms with Gasteiger partial charge in [0.15, 0.2) is 0 Å². The third-order valence-electron chi connectivity index (χ3n) is 2.00. The molecule has 0 rings (SSSR count). The van der Waals surface area contributed by atoms with Crippen LogP contribution in [0, 0.1) is 0 Å². The average molecular weight is 220 g/mol. The molecule has 1 atom stereocenters. The molecule has 0 aliphatic rings. The standard InChI is InChI=1S/C9H20N2O2S/c1-4-9(2,3)11-8(12)7-14(13)6-5-10/h4-7,10H2,1-3H3,(H,11,12). The van der Waals surface area contributed by atoms with Crippen LogP contribution in [0.2, 0.25) is 0 Å². The highest BCUT2D eigenvalue weighted by atomic mass is 32.2. The summed E-state index contributed by atoms with van der Waals surface area (Å²) in [5.41, 5.74) is 5.02. The minimum Gasteiger partial charge on any atom is -0.350 e. The van der Waals surface area contributed by atoms with E-state index in [9.17, 15) is 9.00 Å². The van der Waals surface area contributed by atoms with Crippen LogP contribution >= 0.6 is 0 Å². The first kappa shape index (κ1) is 13.6. The number of hydrogen-bond donors (Lipinski definition) is 2. The number of hydrogen-bond acceptors (Lipinski definition) is 3. The normalized spacial score (nSPS) is 13.7. The average Bonchev–Trinajstić information content (AvgIpc) is 2.03. The first-order valence-electron chi connectivity index (χ1n) is 4.77. The van der Waals surface area contributed by atoms with Crippen LogP contribution in [0.5, 0.6) is 0 Å². The smallest absolute Gasteiger partial charge is 0.233 e. The number of amides is 1. The molecule has 0 aromatic rings. The van der Waals surface area contributed by atoms with Crippen molar-refractivity contribution in [1.29, 1.82) is 0 Å². The van der Waals surface area contributed by atoms with Crippen LogP contribution in [0.1, 0.15) is 27.2 Å². The lowest BCUT2D eigenvalue weighted by atomic mass is 10.0. The van der Waals surface area contributed by atoms with Crippen molar-refractivity contribution in [3.63, 3.8) is 0 Å². The Morgan fingerprint density at radius 1 is 1.50 bits per heavy atom. The Balaban J connectivity index is 3.93. The minimum atomic E-state index is -1.12. The van der Waals surface area contributed by atoms with Crippen LogP contribution in [0.25, 0.3) is 0 Å². The molecule has 84 valence electrons. The number of carbonyl (C=O) groups excluding carboxylic acids is 1. The van der Waals surface area contributed by atoms with Crippen LogP contribution in [0.15, 0.2) is 0 Å². The summed E-state index contributed by atoms with van der Waals surface area (Å²) in [6, 6.07) is 0. The van der Waals surface area contributed by atoms with Crippen molar-refractivity contribution in [2.75, 3.05) is 18.1 Å². The molecule has 1 unspecified atom stereocenters. The van der Waals surface area contributed by atoms with Crippen LogP contribution < -0.4 is 11.1 Å². The molecule has 0 radical (unpaired) electrons. The van der Waals surface area contributed by atoms with Gasteiger partial charge in [-0.3, -0.25) is 9.00 Å². The van der Waals surface area contributed by atoms with Gasteiger partial charge >= 0.3 is 0 Å². The monoisotopic (exact) mass is 220 g/mol. The topological polar surface area (TPSA) is 72.2 Å². The molecule has 0 saturated carbocycles. The van der Waals surface area contributed by atoms with Gasteiger partial charge in [-0.15, -0.1) is 0 Å². The van der Waals surface area contributed by atoms with Gasteiger partial charge in [-0.05, 0) is 20.3 Å². The number of carbonyl (C=O) groups is 1. The highest BCUT2D eigenvalue weighted by molar-refractivity contribution is 7.85. The van der Waals surface area contributed by atoms with Crippen LogP contribution in [0.4, 0.5) is 0 Å². The molecule has 0 spiro atoms. The zero-order chi connectivity index (χ0) is 11.2. The third-order valence-corrected chi connectivity index (χ3v) is 3.27. The number of rotatable bonds is 6. The molecule has 0 fully saturated rings. The minimum absolute atomic E-state index is 0.0562. The Hall–Kier alpha value is -0.420. The maximum Gasteiger partial charge on any atom is 0.233 e. The summed E-state index contributed by atoms with van der Waals surface area (Å²) in [4.78, 5) is 11.4. The van der Waals surface area contributed by atoms with Gasteiger partial charge in [0.05, 0.1) is 0 Å². The quantitative estimate of drug-likeness (QED) is 0.662. The maximum atomic E-state index is 11.4. The van der Waals surface area contributed by atoms with E-state index in [2.05, 4.69) is 5.32 Å². The van der Waals surface area contributed by atoms with E-state index in [4.69, 9.17) is 5.73 Å². The molecular formula is C9H20N2O2S. The van der Waals surface area contributed by atoms with Crippen molar-refractivity contribution >= 4 is 16.7 Å². The molecule has 4 nitrogen and oxygen atoms in total. The van der Waals surface area contributed by atoms with E-state index < -0.39 is 10.8 Å². The summed E-state index contributed by atoms with van der Waals surface area (Å²) in [7, 11) is -1.12. The van der Waals surface area contributed by atoms with Crippen LogP contribution in [0.3, 0.4) is 0 Å². The molecule has 1 amide bonds. The Kier molecular flexibility index (Phi) is 5.95. The lowest BCUT2D eigenvalue weighted by molar-refractivity contribution is -0.120. The van der Waals surface area contributed by atoms with Crippen molar-refractivity contribution in [1.82, 2.24) is 5.32 Å². The predicted octanol–water partition coefficient (Wildman–Crippen LogP) is -0.00140. The van der Waals surface area contributed by atoms with E-state index in [1.54, 1.807) is 0 Å². The summed E-state index contributed by atoms with van der Waals surface area (Å²) < 4.78 is 11.2. The van der Waals surface area contributed by atoms with Crippen molar-refractivity contribution in [2.24, 2.45) is 5.73 Å². The molecule has 0 heterocycles. The van der Waals surface area contributed by atoms with E-state index in [-0.39, 0.29) is 17.2 Å². The van der Waals surface area contributed by atoms with Gasteiger partial charge < -0.3 is 11.1 Å². The molecule has 14 heavy (non-hydrogen) atoms. The molecular weight excluding hydrogens is 200 g/mol. The first-order chi connectivity index (χ1) is 6.41. The Bertz CT molecular complexity index is 217. The Morgan fingerprint density at radius 3 is 2.50 bits per heavy atom. The molecule has 0 bridgehead atoms. The predicted molar refractivity (Wildman–Crippen MR) is 59.4 cm³/mol. The summed E-state index contributed by atoms with van der Waals surface area (Å²) in [6.07, 6.45) is 0.849. The van der Waals surface area contributed by atoms with E-state index in [1.165, 1.54) is 0 Å². The Morgan fingerprint density at radius 2 is 2.07 bits per heavy atom. The zero-order valence-corrected chi connectivity index (χ0v) is 9.95. The molecule has 0 saturated heterocycles. The first-order valence-corrected chi connectivity index (χ1v) is 6.26. The molecule has 3 N–H and O–H groups in total. The molecule has 0 aromatic heterocycles. The van der Waals surface area contributed by atoms with E-state index in [1.807, 2.05) is 20.8 Å². The molecule has 0 aliphatic heterocycles. The fraction of sp³-hybridized carbons (Fsp3) is 0.889. The van der Waals surface area contributed by atoms with Gasteiger partial charge in [0.25, 0.3) is 0 Å². The fourth-order valence-corrected chi connectivity index (χ4v) is 1.62. The van der Waals surface area contributed by atoms with Gasteiger partial charge in [-0.1, -0.05) is 6.92 Å². The molecule has 0 aromatic carbocycles. The number of nitrogens with one attached hydrogen (secondary N) is 1. The van der Waals surface area contributed by atoms with Gasteiger partial charge in [0, 0.05) is 28.6 Å². The van der Waals surface area contributed by atoms with Gasteiger partial charge in [0.2, 0.25) is 5.91 Å². The summed E-state index contributed by atoms with van der Waals surface area (Å²) in [6.45, 7) is 6.24. The molecule has 5 heteroatoms. The van der Waals surface area contributed by atoms with Crippen LogP contribution in [-0.2, 0) is 15.6 Å². The highest BCUT2D eigenvalue weighted by Gasteiger charge is 2.18. The van der Waals surface area contributed by atoms with Crippen molar-refractivity contribution in [3.05, 3.63) is 0 Å². The summed E-state index contributed by atoms with van der Waals surface area (Å²) >= 11 is 0. The van der Waals surface area contributed by atoms with E-state index >= 15 is 0 Å². The second-order valence-electron chi connectivity index (χ2n) is 3.86. The second kappa shape index (κ2) is 6.14. The Labute approximate surface area is 88.1 Å². The summed E-state index contributed by atoms with van der Waals surface area (Å²) in [5, 5.41) is 2.82. The van der Waals surface area contributed by atoms with E-state index in [0.29, 0.717) is 12.3 Å². The second-order valence-corrected chi connectivity index (χ2v) is 5.44. The van der Waals surface area contributed by atoms with Gasteiger partial charge in [-0.2, -0.15) is 0 Å². The van der Waals surface area contributed by atoms with Crippen molar-refractivity contribution in [3.8, 4) is 0 Å². The van der Waals surface area contributed by atoms with E-state index in [0.717, 1.165) is 6.42 Å². The fourth-order valence-electron chi connectivity index (χ4n) is 0.852. The zero-order valence-electron chi connectivity index (χ0n) is 9.13. The third kappa shape index (κ3) is 6.10. The largest absolute Gasteiger partial charge is 0.350 e. The number of nitrogens with two attached hydrogens (primary N) is 1. The van der Waals surface area contributed by atoms with Gasteiger partial charge in [0.1, 0.15) is 5.75 Å². The van der Waals surface area contributed by atoms with Crippen molar-refractivity contribution < 1.29 is 9.00 Å². The van der Waals surface area contributed by atoms with Crippen LogP contribution in [-0.4, -0.2) is 33.7 Å². The lowest BCUT2D eigenvalue weighted by Gasteiger charge is -2.24. The molecule has 0 aliphatic carbocycles. The highest BCUT2D eigenvalue weighted by Crippen LogP contribution is 2.06. The summed E-state index contributed by atoms with van der Waals surface area (Å²) in [5.74, 6) is 0.282. The van der Waals surface area contributed by atoms with Gasteiger partial charge in [-0.25, -0.2) is 0 Å². The lowest BCUT2D eigenvalue weighted by Crippen LogP contribution is -2.45.